The van der Waals surface area contributed by atoms with Crippen LogP contribution in [0.2, 0.25) is 0 Å². The van der Waals surface area contributed by atoms with E-state index in [1.165, 1.54) is 6.92 Å². The van der Waals surface area contributed by atoms with Gasteiger partial charge in [0.25, 0.3) is 0 Å². The molecule has 4 aliphatic rings. The Hall–Kier alpha value is -0.280. The molecule has 0 heterocycles. The molecule has 0 amide bonds. The highest BCUT2D eigenvalue weighted by Gasteiger charge is 2.68. The van der Waals surface area contributed by atoms with Crippen molar-refractivity contribution in [2.24, 2.45) is 40.4 Å². The third kappa shape index (κ3) is 3.04. The molecule has 4 fully saturated rings. The highest BCUT2D eigenvalue weighted by molar-refractivity contribution is 6.33. The van der Waals surface area contributed by atoms with E-state index in [1.807, 2.05) is 0 Å². The molecule has 0 aromatic rings. The van der Waals surface area contributed by atoms with E-state index in [1.54, 1.807) is 6.92 Å². The van der Waals surface area contributed by atoms with Crippen molar-refractivity contribution in [3.8, 4) is 0 Å². The second-order valence-electron chi connectivity index (χ2n) is 11.2. The molecule has 29 heavy (non-hydrogen) atoms. The third-order valence-corrected chi connectivity index (χ3v) is 11.3. The molecular formula is C24H36Cl2O3. The van der Waals surface area contributed by atoms with Crippen molar-refractivity contribution in [3.63, 3.8) is 0 Å². The van der Waals surface area contributed by atoms with E-state index in [-0.39, 0.29) is 34.2 Å². The predicted molar refractivity (Wildman–Crippen MR) is 116 cm³/mol. The summed E-state index contributed by atoms with van der Waals surface area (Å²) in [5.74, 6) is 2.37. The van der Waals surface area contributed by atoms with Crippen LogP contribution in [0.4, 0.5) is 0 Å². The summed E-state index contributed by atoms with van der Waals surface area (Å²) < 4.78 is 5.56. The quantitative estimate of drug-likeness (QED) is 0.389. The molecule has 3 nitrogen and oxygen atoms in total. The van der Waals surface area contributed by atoms with E-state index >= 15 is 0 Å². The zero-order chi connectivity index (χ0) is 21.4. The second-order valence-corrected chi connectivity index (χ2v) is 12.4. The number of esters is 1. The minimum absolute atomic E-state index is 0.0561. The van der Waals surface area contributed by atoms with Crippen LogP contribution in [-0.2, 0) is 14.3 Å². The van der Waals surface area contributed by atoms with Gasteiger partial charge >= 0.3 is 5.97 Å². The van der Waals surface area contributed by atoms with Gasteiger partial charge in [0.05, 0.1) is 10.3 Å². The number of Topliss-reactive ketones (excluding diaryl/α,β-unsaturated/α-hetero) is 1. The van der Waals surface area contributed by atoms with Gasteiger partial charge in [0.2, 0.25) is 0 Å². The molecule has 5 heteroatoms. The normalized spacial score (nSPS) is 54.1. The number of hydrogen-bond donors (Lipinski definition) is 0. The lowest BCUT2D eigenvalue weighted by atomic mass is 9.44. The molecule has 10 atom stereocenters. The molecule has 0 N–H and O–H groups in total. The van der Waals surface area contributed by atoms with Crippen LogP contribution in [0.25, 0.3) is 0 Å². The second kappa shape index (κ2) is 7.12. The number of ketones is 1. The van der Waals surface area contributed by atoms with Crippen LogP contribution >= 0.6 is 23.2 Å². The van der Waals surface area contributed by atoms with Crippen LogP contribution in [0.5, 0.6) is 0 Å². The van der Waals surface area contributed by atoms with Crippen molar-refractivity contribution in [2.75, 3.05) is 0 Å². The van der Waals surface area contributed by atoms with Gasteiger partial charge in [0, 0.05) is 19.3 Å². The fourth-order valence-electron chi connectivity index (χ4n) is 8.71. The maximum atomic E-state index is 12.5. The maximum Gasteiger partial charge on any atom is 0.302 e. The highest BCUT2D eigenvalue weighted by atomic mass is 35.5. The molecule has 0 spiro atoms. The molecule has 0 aromatic carbocycles. The van der Waals surface area contributed by atoms with Gasteiger partial charge in [-0.15, -0.1) is 23.2 Å². The minimum Gasteiger partial charge on any atom is -0.462 e. The van der Waals surface area contributed by atoms with Gasteiger partial charge in [0.15, 0.2) is 0 Å². The van der Waals surface area contributed by atoms with Crippen LogP contribution in [0.1, 0.15) is 79.6 Å². The number of alkyl halides is 2. The summed E-state index contributed by atoms with van der Waals surface area (Å²) >= 11 is 14.4. The van der Waals surface area contributed by atoms with Crippen molar-refractivity contribution >= 4 is 35.0 Å². The lowest BCUT2D eigenvalue weighted by Gasteiger charge is -2.65. The monoisotopic (exact) mass is 442 g/mol. The lowest BCUT2D eigenvalue weighted by molar-refractivity contribution is -0.157. The van der Waals surface area contributed by atoms with Crippen molar-refractivity contribution < 1.29 is 14.3 Å². The van der Waals surface area contributed by atoms with Gasteiger partial charge in [-0.25, -0.2) is 0 Å². The average molecular weight is 443 g/mol. The van der Waals surface area contributed by atoms with Crippen LogP contribution in [-0.4, -0.2) is 28.1 Å². The Morgan fingerprint density at radius 2 is 1.72 bits per heavy atom. The fourth-order valence-corrected chi connectivity index (χ4v) is 9.75. The molecule has 4 aliphatic carbocycles. The van der Waals surface area contributed by atoms with E-state index in [2.05, 4.69) is 20.8 Å². The Morgan fingerprint density at radius 1 is 1.03 bits per heavy atom. The number of fused-ring (bicyclic) bond motifs is 5. The van der Waals surface area contributed by atoms with Crippen molar-refractivity contribution in [1.82, 2.24) is 0 Å². The molecule has 4 rings (SSSR count). The minimum atomic E-state index is -0.536. The standard InChI is InChI=1S/C24H36Cl2O3/c1-13-10-19-17-11-20(25)24(26)12-16(29-15(3)28)6-9-23(24,5)18(17)7-8-22(19,4)21(13)14(2)27/h13,16-21H,6-12H2,1-5H3/t13-,16-,17+,18-,19-,20-,21+,22-,23+,24-/m0/s1. The van der Waals surface area contributed by atoms with E-state index in [0.717, 1.165) is 38.5 Å². The van der Waals surface area contributed by atoms with Gasteiger partial charge in [-0.05, 0) is 80.0 Å². The summed E-state index contributed by atoms with van der Waals surface area (Å²) in [6, 6.07) is 0. The molecular weight excluding hydrogens is 407 g/mol. The Balaban J connectivity index is 1.65. The van der Waals surface area contributed by atoms with E-state index in [4.69, 9.17) is 27.9 Å². The SMILES string of the molecule is CC(=O)O[C@H]1CC[C@]2(C)[C@H]3CC[C@@]4(C)[C@@H](C[C@H](C)[C@@H]4C(C)=O)[C@@H]3C[C@H](Cl)[C@@]2(Cl)C1. The number of rotatable bonds is 2. The lowest BCUT2D eigenvalue weighted by Crippen LogP contribution is -2.65. The Labute approximate surface area is 185 Å². The summed E-state index contributed by atoms with van der Waals surface area (Å²) in [5, 5.41) is -0.136. The molecule has 0 unspecified atom stereocenters. The summed E-state index contributed by atoms with van der Waals surface area (Å²) in [5.41, 5.74) is 0.0417. The van der Waals surface area contributed by atoms with Crippen LogP contribution in [0.3, 0.4) is 0 Å². The summed E-state index contributed by atoms with van der Waals surface area (Å²) in [6.07, 6.45) is 6.62. The van der Waals surface area contributed by atoms with Crippen molar-refractivity contribution in [1.29, 1.82) is 0 Å². The summed E-state index contributed by atoms with van der Waals surface area (Å²) in [4.78, 5) is 23.5. The third-order valence-electron chi connectivity index (χ3n) is 9.80. The summed E-state index contributed by atoms with van der Waals surface area (Å²) in [6.45, 7) is 10.2. The van der Waals surface area contributed by atoms with Crippen LogP contribution in [0, 0.1) is 40.4 Å². The van der Waals surface area contributed by atoms with Gasteiger partial charge in [-0.3, -0.25) is 9.59 Å². The maximum absolute atomic E-state index is 12.5. The van der Waals surface area contributed by atoms with Gasteiger partial charge < -0.3 is 4.74 Å². The number of ether oxygens (including phenoxy) is 1. The van der Waals surface area contributed by atoms with Gasteiger partial charge in [-0.1, -0.05) is 20.8 Å². The zero-order valence-corrected chi connectivity index (χ0v) is 20.0. The molecule has 4 saturated carbocycles. The van der Waals surface area contributed by atoms with Crippen LogP contribution in [0.15, 0.2) is 0 Å². The van der Waals surface area contributed by atoms with E-state index < -0.39 is 4.87 Å². The Bertz CT molecular complexity index is 710. The van der Waals surface area contributed by atoms with Crippen molar-refractivity contribution in [3.05, 3.63) is 0 Å². The van der Waals surface area contributed by atoms with E-state index in [9.17, 15) is 9.59 Å². The Morgan fingerprint density at radius 3 is 2.34 bits per heavy atom. The number of carbonyl (C=O) groups is 2. The number of carbonyl (C=O) groups excluding carboxylic acids is 2. The largest absolute Gasteiger partial charge is 0.462 e. The summed E-state index contributed by atoms with van der Waals surface area (Å²) in [7, 11) is 0. The van der Waals surface area contributed by atoms with Crippen molar-refractivity contribution in [2.45, 2.75) is 95.9 Å². The topological polar surface area (TPSA) is 43.4 Å². The highest BCUT2D eigenvalue weighted by Crippen LogP contribution is 2.71. The average Bonchev–Trinajstić information content (AvgIpc) is 2.87. The van der Waals surface area contributed by atoms with Gasteiger partial charge in [0.1, 0.15) is 11.9 Å². The molecule has 0 saturated heterocycles. The first-order chi connectivity index (χ1) is 13.4. The fraction of sp³-hybridized carbons (Fsp3) is 0.917. The first kappa shape index (κ1) is 21.9. The molecule has 0 aliphatic heterocycles. The first-order valence-electron chi connectivity index (χ1n) is 11.4. The number of hydrogen-bond acceptors (Lipinski definition) is 3. The molecule has 0 aromatic heterocycles. The first-order valence-corrected chi connectivity index (χ1v) is 12.3. The molecule has 164 valence electrons. The van der Waals surface area contributed by atoms with Crippen LogP contribution < -0.4 is 0 Å². The number of halogens is 2. The Kier molecular flexibility index (Phi) is 5.39. The smallest absolute Gasteiger partial charge is 0.302 e. The zero-order valence-electron chi connectivity index (χ0n) is 18.5. The predicted octanol–water partition coefficient (Wildman–Crippen LogP) is 5.99. The van der Waals surface area contributed by atoms with Gasteiger partial charge in [-0.2, -0.15) is 0 Å². The molecule has 0 radical (unpaired) electrons. The molecule has 0 bridgehead atoms. The van der Waals surface area contributed by atoms with E-state index in [0.29, 0.717) is 35.9 Å².